The van der Waals surface area contributed by atoms with Gasteiger partial charge in [0.15, 0.2) is 5.78 Å². The molecule has 1 saturated carbocycles. The second-order valence-electron chi connectivity index (χ2n) is 7.53. The summed E-state index contributed by atoms with van der Waals surface area (Å²) in [6, 6.07) is 6.00. The van der Waals surface area contributed by atoms with Crippen molar-refractivity contribution in [3.8, 4) is 10.6 Å². The Morgan fingerprint density at radius 2 is 2.11 bits per heavy atom. The maximum absolute atomic E-state index is 12.7. The molecule has 0 saturated heterocycles. The van der Waals surface area contributed by atoms with Gasteiger partial charge in [0, 0.05) is 17.1 Å². The number of Topliss-reactive ketones (excluding diaryl/α,β-unsaturated/α-hetero) is 1. The lowest BCUT2D eigenvalue weighted by molar-refractivity contribution is 0.101. The molecular weight excluding hydrogens is 360 g/mol. The lowest BCUT2D eigenvalue weighted by Gasteiger charge is -2.16. The maximum atomic E-state index is 12.7. The van der Waals surface area contributed by atoms with Crippen LogP contribution < -0.4 is 5.43 Å². The number of pyridine rings is 2. The van der Waals surface area contributed by atoms with Crippen molar-refractivity contribution in [3.05, 3.63) is 50.6 Å². The van der Waals surface area contributed by atoms with E-state index >= 15 is 0 Å². The summed E-state index contributed by atoms with van der Waals surface area (Å²) >= 11 is 1.68. The summed E-state index contributed by atoms with van der Waals surface area (Å²) < 4.78 is 2.00. The molecule has 1 fully saturated rings. The second kappa shape index (κ2) is 6.11. The molecular formula is C21H20N2O3S. The second-order valence-corrected chi connectivity index (χ2v) is 8.67. The van der Waals surface area contributed by atoms with E-state index in [-0.39, 0.29) is 22.9 Å². The molecule has 0 radical (unpaired) electrons. The van der Waals surface area contributed by atoms with Crippen molar-refractivity contribution < 1.29 is 9.90 Å². The summed E-state index contributed by atoms with van der Waals surface area (Å²) in [6.07, 6.45) is 6.20. The number of fused-ring (bicyclic) bond motifs is 2. The zero-order valence-corrected chi connectivity index (χ0v) is 15.9. The fraction of sp³-hybridized carbons (Fsp3) is 0.381. The van der Waals surface area contributed by atoms with E-state index in [1.54, 1.807) is 23.6 Å². The molecule has 2 aliphatic carbocycles. The van der Waals surface area contributed by atoms with Gasteiger partial charge in [-0.15, -0.1) is 11.3 Å². The third-order valence-corrected chi connectivity index (χ3v) is 6.76. The topological polar surface area (TPSA) is 72.2 Å². The fourth-order valence-electron chi connectivity index (χ4n) is 3.90. The lowest BCUT2D eigenvalue weighted by atomic mass is 9.96. The van der Waals surface area contributed by atoms with Gasteiger partial charge in [0.1, 0.15) is 5.65 Å². The molecule has 1 N–H and O–H groups in total. The van der Waals surface area contributed by atoms with E-state index in [2.05, 4.69) is 0 Å². The van der Waals surface area contributed by atoms with Gasteiger partial charge in [-0.2, -0.15) is 0 Å². The number of hydrogen-bond donors (Lipinski definition) is 1. The first-order valence-corrected chi connectivity index (χ1v) is 10.2. The van der Waals surface area contributed by atoms with E-state index in [4.69, 9.17) is 4.98 Å². The number of ketones is 1. The van der Waals surface area contributed by atoms with E-state index in [1.807, 2.05) is 16.7 Å². The zero-order valence-electron chi connectivity index (χ0n) is 15.1. The van der Waals surface area contributed by atoms with Gasteiger partial charge in [0.05, 0.1) is 27.6 Å². The van der Waals surface area contributed by atoms with Crippen LogP contribution in [-0.2, 0) is 6.42 Å². The third-order valence-electron chi connectivity index (χ3n) is 5.53. The normalized spacial score (nSPS) is 19.3. The average Bonchev–Trinajstić information content (AvgIpc) is 3.39. The van der Waals surface area contributed by atoms with Crippen LogP contribution in [0.1, 0.15) is 65.6 Å². The van der Waals surface area contributed by atoms with Crippen molar-refractivity contribution in [1.29, 1.82) is 0 Å². The lowest BCUT2D eigenvalue weighted by Crippen LogP contribution is -2.18. The van der Waals surface area contributed by atoms with Crippen LogP contribution >= 0.6 is 11.3 Å². The summed E-state index contributed by atoms with van der Waals surface area (Å²) in [6.45, 7) is 1.43. The highest BCUT2D eigenvalue weighted by Gasteiger charge is 2.27. The Bertz CT molecular complexity index is 1140. The Balaban J connectivity index is 1.70. The minimum absolute atomic E-state index is 0.208. The number of carbonyl (C=O) groups excluding carboxylic acids is 1. The molecule has 5 nitrogen and oxygen atoms in total. The van der Waals surface area contributed by atoms with Crippen LogP contribution in [0.2, 0.25) is 0 Å². The van der Waals surface area contributed by atoms with Gasteiger partial charge >= 0.3 is 0 Å². The van der Waals surface area contributed by atoms with Crippen LogP contribution in [0.3, 0.4) is 0 Å². The Morgan fingerprint density at radius 3 is 2.81 bits per heavy atom. The SMILES string of the molecule is CC(=O)c1cn(C2CC2)c2nc(-c3cc4c(s3)CCCC4O)ccc2c1=O. The molecule has 0 amide bonds. The van der Waals surface area contributed by atoms with Crippen molar-refractivity contribution in [2.24, 2.45) is 0 Å². The van der Waals surface area contributed by atoms with Crippen molar-refractivity contribution >= 4 is 28.2 Å². The van der Waals surface area contributed by atoms with E-state index < -0.39 is 0 Å². The van der Waals surface area contributed by atoms with Gasteiger partial charge < -0.3 is 9.67 Å². The largest absolute Gasteiger partial charge is 0.388 e. The molecule has 0 aromatic carbocycles. The van der Waals surface area contributed by atoms with Crippen molar-refractivity contribution in [2.45, 2.75) is 51.2 Å². The Kier molecular flexibility index (Phi) is 3.81. The molecule has 3 aromatic heterocycles. The summed E-state index contributed by atoms with van der Waals surface area (Å²) in [7, 11) is 0. The van der Waals surface area contributed by atoms with Crippen LogP contribution in [0.25, 0.3) is 21.6 Å². The Hall–Kier alpha value is -2.31. The van der Waals surface area contributed by atoms with Crippen LogP contribution in [0.5, 0.6) is 0 Å². The van der Waals surface area contributed by atoms with Gasteiger partial charge in [0.2, 0.25) is 5.43 Å². The fourth-order valence-corrected chi connectivity index (χ4v) is 5.13. The number of carbonyl (C=O) groups is 1. The minimum atomic E-state index is -0.387. The average molecular weight is 380 g/mol. The van der Waals surface area contributed by atoms with E-state index in [1.165, 1.54) is 11.8 Å². The van der Waals surface area contributed by atoms with Gasteiger partial charge in [0.25, 0.3) is 0 Å². The van der Waals surface area contributed by atoms with Gasteiger partial charge in [-0.1, -0.05) is 0 Å². The number of aliphatic hydroxyl groups is 1. The predicted molar refractivity (Wildman–Crippen MR) is 105 cm³/mol. The van der Waals surface area contributed by atoms with Gasteiger partial charge in [-0.25, -0.2) is 4.98 Å². The molecule has 1 unspecified atom stereocenters. The molecule has 27 heavy (non-hydrogen) atoms. The van der Waals surface area contributed by atoms with Crippen LogP contribution in [-0.4, -0.2) is 20.4 Å². The summed E-state index contributed by atoms with van der Waals surface area (Å²) in [5.41, 5.74) is 2.48. The first kappa shape index (κ1) is 16.8. The van der Waals surface area contributed by atoms with E-state index in [9.17, 15) is 14.7 Å². The molecule has 138 valence electrons. The number of hydrogen-bond acceptors (Lipinski definition) is 5. The molecule has 5 rings (SSSR count). The molecule has 2 aliphatic rings. The molecule has 0 aliphatic heterocycles. The predicted octanol–water partition coefficient (Wildman–Crippen LogP) is 4.03. The Labute approximate surface area is 160 Å². The third kappa shape index (κ3) is 2.75. The first-order chi connectivity index (χ1) is 13.0. The van der Waals surface area contributed by atoms with Gasteiger partial charge in [-0.05, 0) is 62.8 Å². The number of thiophene rings is 1. The smallest absolute Gasteiger partial charge is 0.201 e. The van der Waals surface area contributed by atoms with Gasteiger partial charge in [-0.3, -0.25) is 9.59 Å². The summed E-state index contributed by atoms with van der Waals surface area (Å²) in [5, 5.41) is 10.7. The van der Waals surface area contributed by atoms with Crippen LogP contribution in [0.4, 0.5) is 0 Å². The monoisotopic (exact) mass is 380 g/mol. The molecule has 6 heteroatoms. The maximum Gasteiger partial charge on any atom is 0.201 e. The van der Waals surface area contributed by atoms with E-state index in [0.717, 1.165) is 48.2 Å². The Morgan fingerprint density at radius 1 is 1.30 bits per heavy atom. The quantitative estimate of drug-likeness (QED) is 0.696. The number of aryl methyl sites for hydroxylation is 1. The molecule has 0 bridgehead atoms. The number of aliphatic hydroxyl groups excluding tert-OH is 1. The highest BCUT2D eigenvalue weighted by Crippen LogP contribution is 2.40. The van der Waals surface area contributed by atoms with Crippen molar-refractivity contribution in [2.75, 3.05) is 0 Å². The van der Waals surface area contributed by atoms with Crippen molar-refractivity contribution in [1.82, 2.24) is 9.55 Å². The highest BCUT2D eigenvalue weighted by atomic mass is 32.1. The minimum Gasteiger partial charge on any atom is -0.388 e. The van der Waals surface area contributed by atoms with E-state index in [0.29, 0.717) is 17.1 Å². The first-order valence-electron chi connectivity index (χ1n) is 9.41. The van der Waals surface area contributed by atoms with Crippen LogP contribution in [0, 0.1) is 0 Å². The number of rotatable bonds is 3. The number of nitrogens with zero attached hydrogens (tertiary/aromatic N) is 2. The zero-order chi connectivity index (χ0) is 18.7. The van der Waals surface area contributed by atoms with Crippen LogP contribution in [0.15, 0.2) is 29.2 Å². The number of aromatic nitrogens is 2. The molecule has 3 heterocycles. The van der Waals surface area contributed by atoms with Crippen molar-refractivity contribution in [3.63, 3.8) is 0 Å². The summed E-state index contributed by atoms with van der Waals surface area (Å²) in [4.78, 5) is 31.7. The molecule has 1 atom stereocenters. The molecule has 3 aromatic rings. The standard InChI is InChI=1S/C21H20N2O3S/c1-11(24)15-10-23(12-5-6-12)21-13(20(15)26)7-8-16(22-21)19-9-14-17(25)3-2-4-18(14)27-19/h7-10,12,17,25H,2-6H2,1H3. The summed E-state index contributed by atoms with van der Waals surface area (Å²) in [5.74, 6) is -0.208. The molecule has 0 spiro atoms. The highest BCUT2D eigenvalue weighted by molar-refractivity contribution is 7.15.